The van der Waals surface area contributed by atoms with Crippen molar-refractivity contribution in [2.24, 2.45) is 11.8 Å². The Balaban J connectivity index is 1.45. The van der Waals surface area contributed by atoms with Crippen molar-refractivity contribution in [3.63, 3.8) is 0 Å². The molecule has 5 aliphatic rings. The molecule has 0 aromatic heterocycles. The fourth-order valence-electron chi connectivity index (χ4n) is 5.21. The van der Waals surface area contributed by atoms with Crippen molar-refractivity contribution in [1.82, 2.24) is 5.32 Å². The van der Waals surface area contributed by atoms with Crippen LogP contribution in [0.4, 0.5) is 0 Å². The molecule has 106 valence electrons. The van der Waals surface area contributed by atoms with Gasteiger partial charge in [-0.2, -0.15) is 0 Å². The van der Waals surface area contributed by atoms with Crippen LogP contribution in [-0.2, 0) is 9.53 Å². The maximum Gasteiger partial charge on any atom is 0.223 e. The van der Waals surface area contributed by atoms with Gasteiger partial charge in [0.25, 0.3) is 0 Å². The summed E-state index contributed by atoms with van der Waals surface area (Å²) in [7, 11) is 0. The molecule has 2 heterocycles. The number of nitrogens with one attached hydrogen (secondary N) is 1. The second-order valence-corrected chi connectivity index (χ2v) is 7.43. The topological polar surface area (TPSA) is 38.3 Å². The van der Waals surface area contributed by atoms with Crippen molar-refractivity contribution in [1.29, 1.82) is 0 Å². The number of rotatable bonds is 2. The van der Waals surface area contributed by atoms with Crippen molar-refractivity contribution in [3.05, 3.63) is 0 Å². The van der Waals surface area contributed by atoms with Gasteiger partial charge in [-0.25, -0.2) is 0 Å². The molecule has 2 atom stereocenters. The molecule has 4 bridgehead atoms. The SMILES string of the molecule is O=C(NC12CC3CC(C1)OC(C3)C2)C1CCCCC1. The van der Waals surface area contributed by atoms with Gasteiger partial charge in [0.05, 0.1) is 12.2 Å². The van der Waals surface area contributed by atoms with Crippen LogP contribution in [0.1, 0.15) is 64.2 Å². The van der Waals surface area contributed by atoms with Crippen LogP contribution in [-0.4, -0.2) is 23.7 Å². The van der Waals surface area contributed by atoms with E-state index < -0.39 is 0 Å². The number of hydrogen-bond donors (Lipinski definition) is 1. The lowest BCUT2D eigenvalue weighted by Gasteiger charge is -2.56. The van der Waals surface area contributed by atoms with Gasteiger partial charge in [-0.05, 0) is 50.9 Å². The van der Waals surface area contributed by atoms with Crippen molar-refractivity contribution < 1.29 is 9.53 Å². The van der Waals surface area contributed by atoms with Gasteiger partial charge < -0.3 is 10.1 Å². The monoisotopic (exact) mass is 263 g/mol. The van der Waals surface area contributed by atoms with E-state index in [1.807, 2.05) is 0 Å². The second kappa shape index (κ2) is 4.47. The van der Waals surface area contributed by atoms with E-state index in [-0.39, 0.29) is 5.54 Å². The first kappa shape index (κ1) is 12.2. The van der Waals surface area contributed by atoms with Gasteiger partial charge in [-0.15, -0.1) is 0 Å². The van der Waals surface area contributed by atoms with Crippen molar-refractivity contribution in [3.8, 4) is 0 Å². The van der Waals surface area contributed by atoms with Crippen LogP contribution in [0.25, 0.3) is 0 Å². The summed E-state index contributed by atoms with van der Waals surface area (Å²) in [5.74, 6) is 1.45. The molecule has 3 heteroatoms. The van der Waals surface area contributed by atoms with E-state index in [0.29, 0.717) is 24.0 Å². The van der Waals surface area contributed by atoms with E-state index in [0.717, 1.165) is 31.6 Å². The highest BCUT2D eigenvalue weighted by Crippen LogP contribution is 2.50. The van der Waals surface area contributed by atoms with Crippen molar-refractivity contribution in [2.45, 2.75) is 82.0 Å². The lowest BCUT2D eigenvalue weighted by molar-refractivity contribution is -0.174. The zero-order valence-corrected chi connectivity index (χ0v) is 11.7. The van der Waals surface area contributed by atoms with Gasteiger partial charge in [0.2, 0.25) is 5.91 Å². The normalized spacial score (nSPS) is 45.4. The third-order valence-electron chi connectivity index (χ3n) is 5.86. The van der Waals surface area contributed by atoms with Crippen LogP contribution in [0.5, 0.6) is 0 Å². The minimum Gasteiger partial charge on any atom is -0.375 e. The molecule has 3 nitrogen and oxygen atoms in total. The number of amides is 1. The Morgan fingerprint density at radius 2 is 1.68 bits per heavy atom. The number of ether oxygens (including phenoxy) is 1. The molecule has 1 N–H and O–H groups in total. The molecule has 5 rings (SSSR count). The summed E-state index contributed by atoms with van der Waals surface area (Å²) in [6.07, 6.45) is 12.7. The van der Waals surface area contributed by atoms with Crippen molar-refractivity contribution >= 4 is 5.91 Å². The first-order chi connectivity index (χ1) is 9.22. The summed E-state index contributed by atoms with van der Waals surface area (Å²) < 4.78 is 6.02. The molecule has 0 spiro atoms. The Hall–Kier alpha value is -0.570. The van der Waals surface area contributed by atoms with Gasteiger partial charge >= 0.3 is 0 Å². The fourth-order valence-corrected chi connectivity index (χ4v) is 5.21. The van der Waals surface area contributed by atoms with Gasteiger partial charge in [0.15, 0.2) is 0 Å². The molecule has 5 fully saturated rings. The molecule has 0 aromatic carbocycles. The molecule has 0 aromatic rings. The highest BCUT2D eigenvalue weighted by Gasteiger charge is 2.52. The van der Waals surface area contributed by atoms with Crippen LogP contribution in [0.3, 0.4) is 0 Å². The standard InChI is InChI=1S/C16H25NO2/c18-15(12-4-2-1-3-5-12)17-16-8-11-6-13(9-16)19-14(7-11)10-16/h11-14H,1-10H2,(H,17,18). The highest BCUT2D eigenvalue weighted by atomic mass is 16.5. The smallest absolute Gasteiger partial charge is 0.223 e. The first-order valence-corrected chi connectivity index (χ1v) is 8.20. The van der Waals surface area contributed by atoms with Gasteiger partial charge in [0, 0.05) is 11.5 Å². The summed E-state index contributed by atoms with van der Waals surface area (Å²) in [5.41, 5.74) is 0.100. The number of hydrogen-bond acceptors (Lipinski definition) is 2. The van der Waals surface area contributed by atoms with E-state index in [2.05, 4.69) is 5.32 Å². The average molecular weight is 263 g/mol. The summed E-state index contributed by atoms with van der Waals surface area (Å²) in [5, 5.41) is 3.48. The maximum absolute atomic E-state index is 12.5. The molecular formula is C16H25NO2. The summed E-state index contributed by atoms with van der Waals surface area (Å²) in [4.78, 5) is 12.5. The maximum atomic E-state index is 12.5. The first-order valence-electron chi connectivity index (χ1n) is 8.20. The zero-order valence-electron chi connectivity index (χ0n) is 11.7. The molecule has 2 unspecified atom stereocenters. The molecule has 2 aliphatic heterocycles. The molecule has 2 saturated heterocycles. The number of carbonyl (C=O) groups excluding carboxylic acids is 1. The molecule has 0 radical (unpaired) electrons. The quantitative estimate of drug-likeness (QED) is 0.832. The number of carbonyl (C=O) groups is 1. The predicted octanol–water partition coefficient (Wildman–Crippen LogP) is 2.78. The Labute approximate surface area is 115 Å². The van der Waals surface area contributed by atoms with E-state index in [9.17, 15) is 4.79 Å². The van der Waals surface area contributed by atoms with Gasteiger partial charge in [-0.1, -0.05) is 19.3 Å². The second-order valence-electron chi connectivity index (χ2n) is 7.43. The van der Waals surface area contributed by atoms with Crippen LogP contribution in [0.2, 0.25) is 0 Å². The van der Waals surface area contributed by atoms with E-state index in [1.165, 1.54) is 38.5 Å². The van der Waals surface area contributed by atoms with Crippen molar-refractivity contribution in [2.75, 3.05) is 0 Å². The fraction of sp³-hybridized carbons (Fsp3) is 0.938. The average Bonchev–Trinajstić information content (AvgIpc) is 2.37. The highest BCUT2D eigenvalue weighted by molar-refractivity contribution is 5.79. The molecule has 3 saturated carbocycles. The largest absolute Gasteiger partial charge is 0.375 e. The minimum absolute atomic E-state index is 0.100. The minimum atomic E-state index is 0.100. The van der Waals surface area contributed by atoms with Crippen LogP contribution >= 0.6 is 0 Å². The van der Waals surface area contributed by atoms with E-state index >= 15 is 0 Å². The molecular weight excluding hydrogens is 238 g/mol. The predicted molar refractivity (Wildman–Crippen MR) is 72.7 cm³/mol. The van der Waals surface area contributed by atoms with Crippen LogP contribution < -0.4 is 5.32 Å². The molecule has 19 heavy (non-hydrogen) atoms. The zero-order chi connectivity index (χ0) is 12.9. The van der Waals surface area contributed by atoms with Crippen LogP contribution in [0, 0.1) is 11.8 Å². The summed E-state index contributed by atoms with van der Waals surface area (Å²) in [6.45, 7) is 0. The Morgan fingerprint density at radius 1 is 1.00 bits per heavy atom. The Morgan fingerprint density at radius 3 is 2.32 bits per heavy atom. The lowest BCUT2D eigenvalue weighted by atomic mass is 9.62. The lowest BCUT2D eigenvalue weighted by Crippen LogP contribution is -2.64. The Bertz CT molecular complexity index is 338. The summed E-state index contributed by atoms with van der Waals surface area (Å²) in [6, 6.07) is 0. The van der Waals surface area contributed by atoms with E-state index in [4.69, 9.17) is 4.74 Å². The van der Waals surface area contributed by atoms with Crippen LogP contribution in [0.15, 0.2) is 0 Å². The Kier molecular flexibility index (Phi) is 2.87. The van der Waals surface area contributed by atoms with Gasteiger partial charge in [-0.3, -0.25) is 4.79 Å². The molecule has 3 aliphatic carbocycles. The molecule has 1 amide bonds. The van der Waals surface area contributed by atoms with Gasteiger partial charge in [0.1, 0.15) is 0 Å². The van der Waals surface area contributed by atoms with E-state index in [1.54, 1.807) is 0 Å². The summed E-state index contributed by atoms with van der Waals surface area (Å²) >= 11 is 0. The third kappa shape index (κ3) is 2.20. The third-order valence-corrected chi connectivity index (χ3v) is 5.86.